The molecular formula is C54H38O2S2. The summed E-state index contributed by atoms with van der Waals surface area (Å²) in [5, 5.41) is 0. The smallest absolute Gasteiger partial charge is 0.148 e. The highest BCUT2D eigenvalue weighted by molar-refractivity contribution is 8.34. The van der Waals surface area contributed by atoms with Gasteiger partial charge in [-0.05, 0) is 102 Å². The summed E-state index contributed by atoms with van der Waals surface area (Å²) in [5.74, 6) is 3.59. The van der Waals surface area contributed by atoms with Crippen molar-refractivity contribution in [3.8, 4) is 45.3 Å². The van der Waals surface area contributed by atoms with Gasteiger partial charge in [0.15, 0.2) is 0 Å². The van der Waals surface area contributed by atoms with Gasteiger partial charge in [-0.3, -0.25) is 0 Å². The number of hydrogen-bond acceptors (Lipinski definition) is 2. The minimum Gasteiger partial charge on any atom is -0.454 e. The number of ether oxygens (including phenoxy) is 2. The van der Waals surface area contributed by atoms with Crippen LogP contribution in [0.25, 0.3) is 22.3 Å². The van der Waals surface area contributed by atoms with Crippen molar-refractivity contribution in [2.75, 3.05) is 0 Å². The zero-order valence-corrected chi connectivity index (χ0v) is 33.2. The van der Waals surface area contributed by atoms with E-state index in [9.17, 15) is 0 Å². The highest BCUT2D eigenvalue weighted by Crippen LogP contribution is 2.81. The first-order valence-corrected chi connectivity index (χ1v) is 22.8. The molecule has 0 radical (unpaired) electrons. The lowest BCUT2D eigenvalue weighted by Crippen LogP contribution is -2.12. The molecule has 2 aliphatic rings. The predicted molar refractivity (Wildman–Crippen MR) is 237 cm³/mol. The molecular weight excluding hydrogens is 745 g/mol. The first-order chi connectivity index (χ1) is 28.8. The Labute approximate surface area is 342 Å². The molecule has 0 atom stereocenters. The van der Waals surface area contributed by atoms with Crippen LogP contribution in [0.1, 0.15) is 0 Å². The Kier molecular flexibility index (Phi) is 8.35. The topological polar surface area (TPSA) is 18.5 Å². The second kappa shape index (κ2) is 14.0. The quantitative estimate of drug-likeness (QED) is 0.167. The molecule has 0 amide bonds. The van der Waals surface area contributed by atoms with Gasteiger partial charge in [-0.15, -0.1) is 20.1 Å². The van der Waals surface area contributed by atoms with E-state index in [-0.39, 0.29) is 0 Å². The third-order valence-corrected chi connectivity index (χ3v) is 19.1. The molecule has 0 saturated carbocycles. The molecule has 0 N–H and O–H groups in total. The van der Waals surface area contributed by atoms with E-state index < -0.39 is 20.1 Å². The average Bonchev–Trinajstić information content (AvgIpc) is 3.31. The maximum absolute atomic E-state index is 7.06. The SMILES string of the molecule is c1ccc(S2(c3ccccc3)c3ccccc3Oc3c(-c4cccc(-c5cccc6c5Oc5ccccc5S6(c5ccccc5)c5ccccc5)c4)cccc32)cc1. The molecule has 4 heteroatoms. The number of para-hydroxylation sites is 4. The van der Waals surface area contributed by atoms with Gasteiger partial charge in [0.25, 0.3) is 0 Å². The average molecular weight is 783 g/mol. The van der Waals surface area contributed by atoms with Gasteiger partial charge >= 0.3 is 0 Å². The summed E-state index contributed by atoms with van der Waals surface area (Å²) in [7, 11) is -3.83. The molecule has 0 aromatic heterocycles. The van der Waals surface area contributed by atoms with Crippen molar-refractivity contribution in [2.45, 2.75) is 39.2 Å². The van der Waals surface area contributed by atoms with E-state index in [4.69, 9.17) is 9.47 Å². The van der Waals surface area contributed by atoms with Gasteiger partial charge < -0.3 is 9.47 Å². The molecule has 2 nitrogen and oxygen atoms in total. The largest absolute Gasteiger partial charge is 0.454 e. The van der Waals surface area contributed by atoms with E-state index in [2.05, 4.69) is 231 Å². The molecule has 0 aliphatic carbocycles. The fraction of sp³-hybridized carbons (Fsp3) is 0. The molecule has 0 spiro atoms. The summed E-state index contributed by atoms with van der Waals surface area (Å²) < 4.78 is 14.1. The normalized spacial score (nSPS) is 15.2. The van der Waals surface area contributed by atoms with E-state index in [1.165, 1.54) is 39.2 Å². The van der Waals surface area contributed by atoms with Gasteiger partial charge in [0, 0.05) is 50.3 Å². The first-order valence-electron chi connectivity index (χ1n) is 19.6. The van der Waals surface area contributed by atoms with Crippen molar-refractivity contribution in [1.29, 1.82) is 0 Å². The van der Waals surface area contributed by atoms with E-state index in [1.54, 1.807) is 0 Å². The maximum atomic E-state index is 7.06. The molecule has 0 saturated heterocycles. The number of rotatable bonds is 6. The van der Waals surface area contributed by atoms with Gasteiger partial charge in [-0.2, -0.15) is 0 Å². The highest BCUT2D eigenvalue weighted by atomic mass is 32.3. The zero-order chi connectivity index (χ0) is 38.5. The van der Waals surface area contributed by atoms with Gasteiger partial charge in [0.05, 0.1) is 0 Å². The lowest BCUT2D eigenvalue weighted by Gasteiger charge is -2.46. The molecule has 9 aromatic carbocycles. The van der Waals surface area contributed by atoms with E-state index in [1.807, 2.05) is 0 Å². The van der Waals surface area contributed by atoms with Crippen molar-refractivity contribution in [2.24, 2.45) is 0 Å². The van der Waals surface area contributed by atoms with Crippen LogP contribution in [0.4, 0.5) is 0 Å². The second-order valence-corrected chi connectivity index (χ2v) is 20.5. The standard InChI is InChI=1S/C54H38O2S2/c1-5-22-41(23-6-1)57(42-24-7-2-8-25-42)49-34-15-13-32-47(49)55-53-45(30-18-36-51(53)57)39-20-17-21-40(38-39)46-31-19-37-52-54(46)56-48-33-14-16-35-50(48)58(52,43-26-9-3-10-27-43)44-28-11-4-12-29-44/h1-38H. The summed E-state index contributed by atoms with van der Waals surface area (Å²) in [4.78, 5) is 9.93. The molecule has 278 valence electrons. The zero-order valence-electron chi connectivity index (χ0n) is 31.6. The molecule has 0 fully saturated rings. The van der Waals surface area contributed by atoms with Gasteiger partial charge in [0.1, 0.15) is 23.0 Å². The van der Waals surface area contributed by atoms with Crippen molar-refractivity contribution in [3.63, 3.8) is 0 Å². The fourth-order valence-electron chi connectivity index (χ4n) is 8.85. The lowest BCUT2D eigenvalue weighted by atomic mass is 9.98. The molecule has 11 rings (SSSR count). The summed E-state index contributed by atoms with van der Waals surface area (Å²) >= 11 is 0. The molecule has 0 unspecified atom stereocenters. The van der Waals surface area contributed by atoms with E-state index >= 15 is 0 Å². The summed E-state index contributed by atoms with van der Waals surface area (Å²) in [6.45, 7) is 0. The molecule has 58 heavy (non-hydrogen) atoms. The molecule has 2 heterocycles. The predicted octanol–water partition coefficient (Wildman–Crippen LogP) is 15.9. The Bertz CT molecular complexity index is 2670. The van der Waals surface area contributed by atoms with Crippen molar-refractivity contribution in [1.82, 2.24) is 0 Å². The molecule has 0 bridgehead atoms. The number of benzene rings is 9. The third-order valence-electron chi connectivity index (χ3n) is 11.3. The fourth-order valence-corrected chi connectivity index (χ4v) is 17.0. The monoisotopic (exact) mass is 782 g/mol. The van der Waals surface area contributed by atoms with E-state index in [0.29, 0.717) is 0 Å². The Morgan fingerprint density at radius 3 is 0.948 bits per heavy atom. The Morgan fingerprint density at radius 2 is 0.569 bits per heavy atom. The van der Waals surface area contributed by atoms with Gasteiger partial charge in [0.2, 0.25) is 0 Å². The first kappa shape index (κ1) is 34.5. The Balaban J connectivity index is 1.13. The Hall–Kier alpha value is -6.72. The van der Waals surface area contributed by atoms with Crippen LogP contribution in [0.5, 0.6) is 23.0 Å². The van der Waals surface area contributed by atoms with Crippen LogP contribution in [-0.2, 0) is 0 Å². The summed E-state index contributed by atoms with van der Waals surface area (Å²) in [6, 6.07) is 83.4. The van der Waals surface area contributed by atoms with Crippen LogP contribution < -0.4 is 9.47 Å². The van der Waals surface area contributed by atoms with Crippen molar-refractivity contribution in [3.05, 3.63) is 231 Å². The molecule has 9 aromatic rings. The highest BCUT2D eigenvalue weighted by Gasteiger charge is 2.43. The lowest BCUT2D eigenvalue weighted by molar-refractivity contribution is 0.454. The minimum absolute atomic E-state index is 0.895. The van der Waals surface area contributed by atoms with Crippen LogP contribution in [0.3, 0.4) is 0 Å². The minimum atomic E-state index is -1.91. The van der Waals surface area contributed by atoms with Crippen LogP contribution in [0, 0.1) is 0 Å². The van der Waals surface area contributed by atoms with Crippen LogP contribution in [0.2, 0.25) is 0 Å². The summed E-state index contributed by atoms with van der Waals surface area (Å²) in [5.41, 5.74) is 4.28. The molecule has 2 aliphatic heterocycles. The van der Waals surface area contributed by atoms with Gasteiger partial charge in [-0.25, -0.2) is 0 Å². The Morgan fingerprint density at radius 1 is 0.259 bits per heavy atom. The third kappa shape index (κ3) is 5.15. The summed E-state index contributed by atoms with van der Waals surface area (Å²) in [6.07, 6.45) is 0. The number of hydrogen-bond donors (Lipinski definition) is 0. The number of fused-ring (bicyclic) bond motifs is 4. The van der Waals surface area contributed by atoms with Gasteiger partial charge in [-0.1, -0.05) is 140 Å². The van der Waals surface area contributed by atoms with Crippen molar-refractivity contribution < 1.29 is 9.47 Å². The van der Waals surface area contributed by atoms with Crippen LogP contribution in [0.15, 0.2) is 270 Å². The van der Waals surface area contributed by atoms with Crippen molar-refractivity contribution >= 4 is 20.1 Å². The van der Waals surface area contributed by atoms with E-state index in [0.717, 1.165) is 45.3 Å². The van der Waals surface area contributed by atoms with Crippen LogP contribution >= 0.6 is 20.1 Å². The maximum Gasteiger partial charge on any atom is 0.148 e. The van der Waals surface area contributed by atoms with Crippen LogP contribution in [-0.4, -0.2) is 0 Å². The second-order valence-electron chi connectivity index (χ2n) is 14.4.